The molecule has 0 saturated carbocycles. The maximum Gasteiger partial charge on any atom is 0.0702 e. The molecule has 0 radical (unpaired) electrons. The molecule has 0 spiro atoms. The Hall–Kier alpha value is -0.160. The zero-order chi connectivity index (χ0) is 13.3. The van der Waals surface area contributed by atoms with Gasteiger partial charge in [0.15, 0.2) is 0 Å². The first-order valence-electron chi connectivity index (χ1n) is 8.04. The van der Waals surface area contributed by atoms with Crippen LogP contribution in [0.1, 0.15) is 39.0 Å². The van der Waals surface area contributed by atoms with Gasteiger partial charge in [0.2, 0.25) is 0 Å². The highest BCUT2D eigenvalue weighted by molar-refractivity contribution is 4.74. The van der Waals surface area contributed by atoms with Crippen LogP contribution in [-0.2, 0) is 9.47 Å². The lowest BCUT2D eigenvalue weighted by Crippen LogP contribution is -2.42. The first kappa shape index (κ1) is 15.2. The van der Waals surface area contributed by atoms with Gasteiger partial charge in [0.1, 0.15) is 0 Å². The lowest BCUT2D eigenvalue weighted by atomic mass is 10.1. The lowest BCUT2D eigenvalue weighted by Gasteiger charge is -2.33. The van der Waals surface area contributed by atoms with Gasteiger partial charge in [-0.15, -0.1) is 0 Å². The Kier molecular flexibility index (Phi) is 7.14. The molecule has 1 atom stereocenters. The van der Waals surface area contributed by atoms with Gasteiger partial charge in [-0.3, -0.25) is 4.90 Å². The molecular weight excluding hydrogens is 240 g/mol. The molecule has 112 valence electrons. The summed E-state index contributed by atoms with van der Waals surface area (Å²) in [6.07, 6.45) is 6.89. The minimum Gasteiger partial charge on any atom is -0.377 e. The van der Waals surface area contributed by atoms with Gasteiger partial charge in [-0.2, -0.15) is 0 Å². The standard InChI is InChI=1S/C15H30N2O2/c1-2-11-18-15-4-3-9-17(13-15)10-12-19-14-5-7-16-8-6-14/h14-16H,2-13H2,1H3. The molecule has 0 aromatic carbocycles. The number of hydrogen-bond donors (Lipinski definition) is 1. The highest BCUT2D eigenvalue weighted by Crippen LogP contribution is 2.14. The fourth-order valence-electron chi connectivity index (χ4n) is 2.95. The summed E-state index contributed by atoms with van der Waals surface area (Å²) in [5, 5.41) is 3.37. The van der Waals surface area contributed by atoms with Crippen molar-refractivity contribution >= 4 is 0 Å². The first-order chi connectivity index (χ1) is 9.38. The fraction of sp³-hybridized carbons (Fsp3) is 1.00. The van der Waals surface area contributed by atoms with Crippen LogP contribution < -0.4 is 5.32 Å². The van der Waals surface area contributed by atoms with Crippen LogP contribution in [0, 0.1) is 0 Å². The summed E-state index contributed by atoms with van der Waals surface area (Å²) in [7, 11) is 0. The molecule has 19 heavy (non-hydrogen) atoms. The molecule has 2 rings (SSSR count). The normalized spacial score (nSPS) is 26.7. The minimum absolute atomic E-state index is 0.451. The SMILES string of the molecule is CCCOC1CCCN(CCOC2CCNCC2)C1. The Morgan fingerprint density at radius 3 is 2.63 bits per heavy atom. The van der Waals surface area contributed by atoms with Gasteiger partial charge in [0, 0.05) is 19.7 Å². The van der Waals surface area contributed by atoms with E-state index in [9.17, 15) is 0 Å². The summed E-state index contributed by atoms with van der Waals surface area (Å²) < 4.78 is 11.8. The summed E-state index contributed by atoms with van der Waals surface area (Å²) in [4.78, 5) is 2.50. The quantitative estimate of drug-likeness (QED) is 0.762. The van der Waals surface area contributed by atoms with E-state index in [1.165, 1.54) is 32.2 Å². The highest BCUT2D eigenvalue weighted by Gasteiger charge is 2.20. The van der Waals surface area contributed by atoms with Crippen molar-refractivity contribution in [3.63, 3.8) is 0 Å². The average Bonchev–Trinajstić information content (AvgIpc) is 2.47. The average molecular weight is 270 g/mol. The monoisotopic (exact) mass is 270 g/mol. The van der Waals surface area contributed by atoms with Crippen LogP contribution in [0.2, 0.25) is 0 Å². The van der Waals surface area contributed by atoms with E-state index in [0.717, 1.165) is 45.8 Å². The highest BCUT2D eigenvalue weighted by atomic mass is 16.5. The Morgan fingerprint density at radius 1 is 1.05 bits per heavy atom. The van der Waals surface area contributed by atoms with Crippen molar-refractivity contribution in [2.24, 2.45) is 0 Å². The second kappa shape index (κ2) is 8.90. The second-order valence-corrected chi connectivity index (χ2v) is 5.76. The Bertz CT molecular complexity index is 232. The van der Waals surface area contributed by atoms with Crippen LogP contribution in [0.5, 0.6) is 0 Å². The maximum absolute atomic E-state index is 5.98. The third-order valence-electron chi connectivity index (χ3n) is 4.07. The van der Waals surface area contributed by atoms with Crippen molar-refractivity contribution in [1.29, 1.82) is 0 Å². The third kappa shape index (κ3) is 5.78. The van der Waals surface area contributed by atoms with E-state index in [0.29, 0.717) is 12.2 Å². The number of ether oxygens (including phenoxy) is 2. The van der Waals surface area contributed by atoms with Crippen molar-refractivity contribution in [1.82, 2.24) is 10.2 Å². The van der Waals surface area contributed by atoms with Crippen LogP contribution in [-0.4, -0.2) is 63.0 Å². The third-order valence-corrected chi connectivity index (χ3v) is 4.07. The van der Waals surface area contributed by atoms with Gasteiger partial charge in [-0.1, -0.05) is 6.92 Å². The van der Waals surface area contributed by atoms with Crippen molar-refractivity contribution < 1.29 is 9.47 Å². The smallest absolute Gasteiger partial charge is 0.0702 e. The summed E-state index contributed by atoms with van der Waals surface area (Å²) in [6.45, 7) is 9.55. The van der Waals surface area contributed by atoms with Gasteiger partial charge in [-0.25, -0.2) is 0 Å². The molecule has 0 amide bonds. The van der Waals surface area contributed by atoms with Crippen LogP contribution in [0.15, 0.2) is 0 Å². The van der Waals surface area contributed by atoms with Crippen LogP contribution >= 0.6 is 0 Å². The molecule has 2 heterocycles. The number of likely N-dealkylation sites (tertiary alicyclic amines) is 1. The molecule has 0 bridgehead atoms. The molecule has 0 aromatic rings. The van der Waals surface area contributed by atoms with E-state index in [4.69, 9.17) is 9.47 Å². The lowest BCUT2D eigenvalue weighted by molar-refractivity contribution is -0.0201. The number of piperidine rings is 2. The molecule has 2 aliphatic heterocycles. The topological polar surface area (TPSA) is 33.7 Å². The Morgan fingerprint density at radius 2 is 1.84 bits per heavy atom. The maximum atomic E-state index is 5.98. The molecule has 1 N–H and O–H groups in total. The second-order valence-electron chi connectivity index (χ2n) is 5.76. The summed E-state index contributed by atoms with van der Waals surface area (Å²) >= 11 is 0. The van der Waals surface area contributed by atoms with Gasteiger partial charge < -0.3 is 14.8 Å². The zero-order valence-electron chi connectivity index (χ0n) is 12.4. The van der Waals surface area contributed by atoms with Crippen LogP contribution in [0.25, 0.3) is 0 Å². The number of rotatable bonds is 7. The molecule has 2 aliphatic rings. The molecule has 2 fully saturated rings. The van der Waals surface area contributed by atoms with E-state index in [2.05, 4.69) is 17.1 Å². The fourth-order valence-corrected chi connectivity index (χ4v) is 2.95. The van der Waals surface area contributed by atoms with E-state index in [1.54, 1.807) is 0 Å². The molecule has 0 aromatic heterocycles. The van der Waals surface area contributed by atoms with Crippen molar-refractivity contribution in [2.45, 2.75) is 51.2 Å². The van der Waals surface area contributed by atoms with E-state index >= 15 is 0 Å². The van der Waals surface area contributed by atoms with E-state index in [-0.39, 0.29) is 0 Å². The predicted octanol–water partition coefficient (Wildman–Crippen LogP) is 1.65. The molecule has 0 aliphatic carbocycles. The van der Waals surface area contributed by atoms with E-state index in [1.807, 2.05) is 0 Å². The number of nitrogens with one attached hydrogen (secondary N) is 1. The van der Waals surface area contributed by atoms with Gasteiger partial charge in [0.05, 0.1) is 18.8 Å². The first-order valence-corrected chi connectivity index (χ1v) is 8.04. The summed E-state index contributed by atoms with van der Waals surface area (Å²) in [5.74, 6) is 0. The molecule has 2 saturated heterocycles. The Balaban J connectivity index is 1.56. The number of hydrogen-bond acceptors (Lipinski definition) is 4. The largest absolute Gasteiger partial charge is 0.377 e. The van der Waals surface area contributed by atoms with Gasteiger partial charge in [0.25, 0.3) is 0 Å². The van der Waals surface area contributed by atoms with Gasteiger partial charge >= 0.3 is 0 Å². The molecule has 4 nitrogen and oxygen atoms in total. The zero-order valence-corrected chi connectivity index (χ0v) is 12.4. The predicted molar refractivity (Wildman–Crippen MR) is 77.5 cm³/mol. The number of nitrogens with zero attached hydrogens (tertiary/aromatic N) is 1. The molecule has 1 unspecified atom stereocenters. The summed E-state index contributed by atoms with van der Waals surface area (Å²) in [6, 6.07) is 0. The van der Waals surface area contributed by atoms with Gasteiger partial charge in [-0.05, 0) is 51.7 Å². The van der Waals surface area contributed by atoms with Crippen molar-refractivity contribution in [2.75, 3.05) is 45.9 Å². The van der Waals surface area contributed by atoms with Crippen molar-refractivity contribution in [3.8, 4) is 0 Å². The summed E-state index contributed by atoms with van der Waals surface area (Å²) in [5.41, 5.74) is 0. The van der Waals surface area contributed by atoms with Crippen molar-refractivity contribution in [3.05, 3.63) is 0 Å². The Labute approximate surface area is 117 Å². The van der Waals surface area contributed by atoms with Crippen LogP contribution in [0.3, 0.4) is 0 Å². The molecular formula is C15H30N2O2. The molecule has 4 heteroatoms. The van der Waals surface area contributed by atoms with Crippen LogP contribution in [0.4, 0.5) is 0 Å². The minimum atomic E-state index is 0.451. The van der Waals surface area contributed by atoms with E-state index < -0.39 is 0 Å².